The van der Waals surface area contributed by atoms with E-state index < -0.39 is 0 Å². The molecule has 102 valence electrons. The van der Waals surface area contributed by atoms with E-state index >= 15 is 0 Å². The normalized spacial score (nSPS) is 13.8. The van der Waals surface area contributed by atoms with Crippen molar-refractivity contribution in [1.82, 2.24) is 4.98 Å². The Morgan fingerprint density at radius 3 is 2.75 bits per heavy atom. The second-order valence-corrected chi connectivity index (χ2v) is 5.73. The monoisotopic (exact) mass is 331 g/mol. The van der Waals surface area contributed by atoms with Gasteiger partial charge in [-0.15, -0.1) is 0 Å². The lowest BCUT2D eigenvalue weighted by molar-refractivity contribution is 0.102. The number of nitrogens with one attached hydrogen (secondary N) is 2. The summed E-state index contributed by atoms with van der Waals surface area (Å²) < 4.78 is 0.882. The Hall–Kier alpha value is -1.88. The molecule has 1 fully saturated rings. The summed E-state index contributed by atoms with van der Waals surface area (Å²) in [6.07, 6.45) is 4.09. The first-order valence-electron chi connectivity index (χ1n) is 6.50. The van der Waals surface area contributed by atoms with Crippen LogP contribution in [0.5, 0.6) is 0 Å². The van der Waals surface area contributed by atoms with Crippen LogP contribution in [-0.2, 0) is 0 Å². The molecule has 1 aliphatic rings. The van der Waals surface area contributed by atoms with Gasteiger partial charge in [0, 0.05) is 16.1 Å². The van der Waals surface area contributed by atoms with Gasteiger partial charge in [0.25, 0.3) is 5.91 Å². The maximum absolute atomic E-state index is 12.1. The summed E-state index contributed by atoms with van der Waals surface area (Å²) in [4.78, 5) is 16.4. The van der Waals surface area contributed by atoms with Crippen LogP contribution < -0.4 is 10.6 Å². The summed E-state index contributed by atoms with van der Waals surface area (Å²) in [6, 6.07) is 11.6. The fraction of sp³-hybridized carbons (Fsp3) is 0.200. The lowest BCUT2D eigenvalue weighted by atomic mass is 10.2. The maximum atomic E-state index is 12.1. The Morgan fingerprint density at radius 2 is 2.10 bits per heavy atom. The molecule has 0 saturated heterocycles. The molecular weight excluding hydrogens is 318 g/mol. The van der Waals surface area contributed by atoms with Crippen LogP contribution in [0.25, 0.3) is 0 Å². The molecule has 1 aliphatic carbocycles. The van der Waals surface area contributed by atoms with Crippen molar-refractivity contribution in [3.63, 3.8) is 0 Å². The number of anilines is 2. The standard InChI is InChI=1S/C15H14BrN3O/c16-11-3-1-2-10(8-11)15(20)19-13-6-7-14(17-9-13)18-12-4-5-12/h1-3,6-9,12H,4-5H2,(H,17,18)(H,19,20). The fourth-order valence-corrected chi connectivity index (χ4v) is 2.22. The Balaban J connectivity index is 1.65. The quantitative estimate of drug-likeness (QED) is 0.898. The third-order valence-electron chi connectivity index (χ3n) is 3.04. The van der Waals surface area contributed by atoms with Crippen molar-refractivity contribution in [2.24, 2.45) is 0 Å². The molecule has 0 aliphatic heterocycles. The molecule has 0 atom stereocenters. The number of benzene rings is 1. The smallest absolute Gasteiger partial charge is 0.255 e. The number of halogens is 1. The van der Waals surface area contributed by atoms with Crippen molar-refractivity contribution >= 4 is 33.3 Å². The third kappa shape index (κ3) is 3.36. The summed E-state index contributed by atoms with van der Waals surface area (Å²) in [5.74, 6) is 0.712. The predicted octanol–water partition coefficient (Wildman–Crippen LogP) is 3.67. The first-order valence-corrected chi connectivity index (χ1v) is 7.29. The number of nitrogens with zero attached hydrogens (tertiary/aromatic N) is 1. The molecule has 4 nitrogen and oxygen atoms in total. The molecular formula is C15H14BrN3O. The van der Waals surface area contributed by atoms with Gasteiger partial charge < -0.3 is 10.6 Å². The van der Waals surface area contributed by atoms with Gasteiger partial charge in [0.15, 0.2) is 0 Å². The lowest BCUT2D eigenvalue weighted by Crippen LogP contribution is -2.12. The number of carbonyl (C=O) groups excluding carboxylic acids is 1. The molecule has 1 saturated carbocycles. The summed E-state index contributed by atoms with van der Waals surface area (Å²) >= 11 is 3.35. The summed E-state index contributed by atoms with van der Waals surface area (Å²) in [5, 5.41) is 6.14. The molecule has 2 aromatic rings. The van der Waals surface area contributed by atoms with Crippen LogP contribution in [0.2, 0.25) is 0 Å². The Morgan fingerprint density at radius 1 is 1.25 bits per heavy atom. The topological polar surface area (TPSA) is 54.0 Å². The number of aromatic nitrogens is 1. The van der Waals surface area contributed by atoms with Gasteiger partial charge >= 0.3 is 0 Å². The van der Waals surface area contributed by atoms with E-state index in [0.29, 0.717) is 17.3 Å². The van der Waals surface area contributed by atoms with Gasteiger partial charge in [-0.05, 0) is 43.2 Å². The van der Waals surface area contributed by atoms with Crippen molar-refractivity contribution < 1.29 is 4.79 Å². The zero-order chi connectivity index (χ0) is 13.9. The van der Waals surface area contributed by atoms with Crippen LogP contribution in [0.3, 0.4) is 0 Å². The summed E-state index contributed by atoms with van der Waals surface area (Å²) in [6.45, 7) is 0. The molecule has 0 bridgehead atoms. The second kappa shape index (κ2) is 5.63. The molecule has 0 radical (unpaired) electrons. The molecule has 1 heterocycles. The largest absolute Gasteiger partial charge is 0.367 e. The van der Waals surface area contributed by atoms with Gasteiger partial charge in [-0.25, -0.2) is 4.98 Å². The van der Waals surface area contributed by atoms with Gasteiger partial charge in [-0.2, -0.15) is 0 Å². The first kappa shape index (κ1) is 13.1. The van der Waals surface area contributed by atoms with E-state index in [1.165, 1.54) is 12.8 Å². The van der Waals surface area contributed by atoms with Gasteiger partial charge in [-0.1, -0.05) is 22.0 Å². The van der Waals surface area contributed by atoms with E-state index in [-0.39, 0.29) is 5.91 Å². The average Bonchev–Trinajstić information content (AvgIpc) is 3.25. The van der Waals surface area contributed by atoms with Gasteiger partial charge in [-0.3, -0.25) is 4.79 Å². The predicted molar refractivity (Wildman–Crippen MR) is 83.0 cm³/mol. The Kier molecular flexibility index (Phi) is 3.69. The molecule has 1 aromatic carbocycles. The van der Waals surface area contributed by atoms with Crippen molar-refractivity contribution in [1.29, 1.82) is 0 Å². The molecule has 1 aromatic heterocycles. The van der Waals surface area contributed by atoms with Crippen LogP contribution in [0, 0.1) is 0 Å². The molecule has 0 unspecified atom stereocenters. The highest BCUT2D eigenvalue weighted by Crippen LogP contribution is 2.24. The number of amides is 1. The van der Waals surface area contributed by atoms with Crippen LogP contribution in [0.15, 0.2) is 47.1 Å². The van der Waals surface area contributed by atoms with E-state index in [4.69, 9.17) is 0 Å². The Bertz CT molecular complexity index is 623. The molecule has 1 amide bonds. The minimum Gasteiger partial charge on any atom is -0.367 e. The number of rotatable bonds is 4. The Labute approximate surface area is 125 Å². The molecule has 3 rings (SSSR count). The van der Waals surface area contributed by atoms with Gasteiger partial charge in [0.05, 0.1) is 11.9 Å². The van der Waals surface area contributed by atoms with E-state index in [1.807, 2.05) is 24.3 Å². The number of carbonyl (C=O) groups is 1. The minimum absolute atomic E-state index is 0.143. The fourth-order valence-electron chi connectivity index (χ4n) is 1.82. The number of hydrogen-bond acceptors (Lipinski definition) is 3. The first-order chi connectivity index (χ1) is 9.70. The van der Waals surface area contributed by atoms with Crippen molar-refractivity contribution in [2.45, 2.75) is 18.9 Å². The summed E-state index contributed by atoms with van der Waals surface area (Å²) in [5.41, 5.74) is 1.30. The van der Waals surface area contributed by atoms with E-state index in [9.17, 15) is 4.79 Å². The van der Waals surface area contributed by atoms with Crippen LogP contribution in [0.4, 0.5) is 11.5 Å². The second-order valence-electron chi connectivity index (χ2n) is 4.82. The average molecular weight is 332 g/mol. The molecule has 0 spiro atoms. The van der Waals surface area contributed by atoms with Crippen LogP contribution in [-0.4, -0.2) is 16.9 Å². The lowest BCUT2D eigenvalue weighted by Gasteiger charge is -2.07. The number of pyridine rings is 1. The third-order valence-corrected chi connectivity index (χ3v) is 3.53. The molecule has 5 heteroatoms. The zero-order valence-corrected chi connectivity index (χ0v) is 12.4. The highest BCUT2D eigenvalue weighted by atomic mass is 79.9. The van der Waals surface area contributed by atoms with E-state index in [2.05, 4.69) is 31.5 Å². The maximum Gasteiger partial charge on any atom is 0.255 e. The summed E-state index contributed by atoms with van der Waals surface area (Å²) in [7, 11) is 0. The highest BCUT2D eigenvalue weighted by Gasteiger charge is 2.21. The van der Waals surface area contributed by atoms with Crippen LogP contribution in [0.1, 0.15) is 23.2 Å². The molecule has 20 heavy (non-hydrogen) atoms. The minimum atomic E-state index is -0.143. The van der Waals surface area contributed by atoms with Crippen molar-refractivity contribution in [2.75, 3.05) is 10.6 Å². The molecule has 2 N–H and O–H groups in total. The van der Waals surface area contributed by atoms with Gasteiger partial charge in [0.2, 0.25) is 0 Å². The zero-order valence-electron chi connectivity index (χ0n) is 10.8. The SMILES string of the molecule is O=C(Nc1ccc(NC2CC2)nc1)c1cccc(Br)c1. The van der Waals surface area contributed by atoms with E-state index in [0.717, 1.165) is 10.3 Å². The van der Waals surface area contributed by atoms with E-state index in [1.54, 1.807) is 18.3 Å². The van der Waals surface area contributed by atoms with Crippen LogP contribution >= 0.6 is 15.9 Å². The van der Waals surface area contributed by atoms with Gasteiger partial charge in [0.1, 0.15) is 5.82 Å². The van der Waals surface area contributed by atoms with Crippen molar-refractivity contribution in [3.8, 4) is 0 Å². The number of hydrogen-bond donors (Lipinski definition) is 2. The van der Waals surface area contributed by atoms with Crippen molar-refractivity contribution in [3.05, 3.63) is 52.6 Å². The highest BCUT2D eigenvalue weighted by molar-refractivity contribution is 9.10.